The second-order valence-electron chi connectivity index (χ2n) is 5.16. The van der Waals surface area contributed by atoms with E-state index in [1.165, 1.54) is 4.31 Å². The Morgan fingerprint density at radius 1 is 0.826 bits per heavy atom. The number of nitrogens with zero attached hydrogens (tertiary/aromatic N) is 1. The highest BCUT2D eigenvalue weighted by Crippen LogP contribution is 2.19. The average molecular weight is 333 g/mol. The van der Waals surface area contributed by atoms with Gasteiger partial charge in [-0.25, -0.2) is 8.42 Å². The predicted octanol–water partition coefficient (Wildman–Crippen LogP) is 2.15. The first-order valence-electron chi connectivity index (χ1n) is 7.41. The molecule has 2 aromatic rings. The van der Waals surface area contributed by atoms with Gasteiger partial charge in [0.15, 0.2) is 0 Å². The summed E-state index contributed by atoms with van der Waals surface area (Å²) >= 11 is 0. The number of ether oxygens (including phenoxy) is 1. The Hall–Kier alpha value is -2.09. The zero-order chi connectivity index (χ0) is 16.1. The van der Waals surface area contributed by atoms with E-state index < -0.39 is 10.0 Å². The Balaban J connectivity index is 1.66. The molecule has 1 saturated heterocycles. The van der Waals surface area contributed by atoms with E-state index >= 15 is 0 Å². The van der Waals surface area contributed by atoms with E-state index in [0.29, 0.717) is 31.2 Å². The van der Waals surface area contributed by atoms with Gasteiger partial charge in [-0.05, 0) is 36.4 Å². The van der Waals surface area contributed by atoms with E-state index in [2.05, 4.69) is 10.9 Å². The first-order valence-corrected chi connectivity index (χ1v) is 8.85. The number of rotatable bonds is 5. The van der Waals surface area contributed by atoms with Crippen molar-refractivity contribution >= 4 is 21.4 Å². The molecule has 6 nitrogen and oxygen atoms in total. The van der Waals surface area contributed by atoms with Crippen molar-refractivity contribution in [3.8, 4) is 0 Å². The summed E-state index contributed by atoms with van der Waals surface area (Å²) in [6.07, 6.45) is 0. The van der Waals surface area contributed by atoms with Crippen LogP contribution in [0.5, 0.6) is 0 Å². The highest BCUT2D eigenvalue weighted by molar-refractivity contribution is 7.89. The average Bonchev–Trinajstić information content (AvgIpc) is 2.62. The van der Waals surface area contributed by atoms with E-state index in [-0.39, 0.29) is 0 Å². The Labute approximate surface area is 136 Å². The topological polar surface area (TPSA) is 70.7 Å². The molecule has 2 aromatic carbocycles. The molecule has 0 saturated carbocycles. The third kappa shape index (κ3) is 3.82. The molecule has 0 spiro atoms. The summed E-state index contributed by atoms with van der Waals surface area (Å²) in [7, 11) is -3.44. The van der Waals surface area contributed by atoms with Crippen LogP contribution in [0.25, 0.3) is 0 Å². The van der Waals surface area contributed by atoms with Gasteiger partial charge in [0.2, 0.25) is 10.0 Å². The fourth-order valence-corrected chi connectivity index (χ4v) is 3.72. The van der Waals surface area contributed by atoms with Crippen LogP contribution in [0.15, 0.2) is 59.5 Å². The number of benzene rings is 2. The fourth-order valence-electron chi connectivity index (χ4n) is 2.31. The van der Waals surface area contributed by atoms with Crippen molar-refractivity contribution in [2.45, 2.75) is 4.90 Å². The molecule has 1 aliphatic rings. The van der Waals surface area contributed by atoms with Crippen LogP contribution in [0.2, 0.25) is 0 Å². The van der Waals surface area contributed by atoms with Crippen LogP contribution in [0.1, 0.15) is 0 Å². The van der Waals surface area contributed by atoms with Crippen molar-refractivity contribution in [3.05, 3.63) is 54.6 Å². The third-order valence-electron chi connectivity index (χ3n) is 3.59. The van der Waals surface area contributed by atoms with E-state index in [1.54, 1.807) is 24.3 Å². The molecule has 0 aromatic heterocycles. The van der Waals surface area contributed by atoms with Gasteiger partial charge in [-0.1, -0.05) is 18.2 Å². The highest BCUT2D eigenvalue weighted by atomic mass is 32.2. The lowest BCUT2D eigenvalue weighted by Crippen LogP contribution is -2.40. The number of hydrogen-bond donors (Lipinski definition) is 2. The Kier molecular flexibility index (Phi) is 4.80. The Morgan fingerprint density at radius 2 is 1.39 bits per heavy atom. The highest BCUT2D eigenvalue weighted by Gasteiger charge is 2.25. The normalized spacial score (nSPS) is 16.0. The maximum atomic E-state index is 12.5. The third-order valence-corrected chi connectivity index (χ3v) is 5.50. The van der Waals surface area contributed by atoms with E-state index in [9.17, 15) is 8.42 Å². The zero-order valence-corrected chi connectivity index (χ0v) is 13.4. The lowest BCUT2D eigenvalue weighted by molar-refractivity contribution is 0.0730. The minimum atomic E-state index is -3.44. The van der Waals surface area contributed by atoms with Crippen LogP contribution in [0.3, 0.4) is 0 Å². The summed E-state index contributed by atoms with van der Waals surface area (Å²) < 4.78 is 31.7. The number of morpholine rings is 1. The van der Waals surface area contributed by atoms with Crippen LogP contribution < -0.4 is 10.9 Å². The molecule has 0 atom stereocenters. The van der Waals surface area contributed by atoms with Crippen LogP contribution in [0, 0.1) is 0 Å². The maximum Gasteiger partial charge on any atom is 0.243 e. The van der Waals surface area contributed by atoms with Gasteiger partial charge < -0.3 is 15.6 Å². The number of hydrogen-bond acceptors (Lipinski definition) is 5. The van der Waals surface area contributed by atoms with Crippen molar-refractivity contribution in [2.24, 2.45) is 0 Å². The minimum Gasteiger partial charge on any atom is -0.379 e. The summed E-state index contributed by atoms with van der Waals surface area (Å²) in [5.74, 6) is 0. The first kappa shape index (κ1) is 15.8. The van der Waals surface area contributed by atoms with Gasteiger partial charge in [0.1, 0.15) is 0 Å². The van der Waals surface area contributed by atoms with Gasteiger partial charge in [0.05, 0.1) is 29.5 Å². The largest absolute Gasteiger partial charge is 0.379 e. The number of hydrazine groups is 1. The van der Waals surface area contributed by atoms with Crippen LogP contribution in [0.4, 0.5) is 11.4 Å². The Morgan fingerprint density at radius 3 is 2.00 bits per heavy atom. The summed E-state index contributed by atoms with van der Waals surface area (Å²) in [6, 6.07) is 16.4. The van der Waals surface area contributed by atoms with Crippen molar-refractivity contribution in [1.29, 1.82) is 0 Å². The smallest absolute Gasteiger partial charge is 0.243 e. The molecule has 122 valence electrons. The SMILES string of the molecule is O=S(=O)(c1ccc(NNc2ccccc2)cc1)N1CCOCC1. The van der Waals surface area contributed by atoms with E-state index in [0.717, 1.165) is 11.4 Å². The molecular formula is C16H19N3O3S. The lowest BCUT2D eigenvalue weighted by Gasteiger charge is -2.26. The second-order valence-corrected chi connectivity index (χ2v) is 7.09. The minimum absolute atomic E-state index is 0.296. The predicted molar refractivity (Wildman–Crippen MR) is 89.7 cm³/mol. The van der Waals surface area contributed by atoms with Crippen LogP contribution in [-0.2, 0) is 14.8 Å². The summed E-state index contributed by atoms with van der Waals surface area (Å²) in [5.41, 5.74) is 7.81. The van der Waals surface area contributed by atoms with E-state index in [4.69, 9.17) is 4.74 Å². The van der Waals surface area contributed by atoms with Gasteiger partial charge >= 0.3 is 0 Å². The van der Waals surface area contributed by atoms with Crippen molar-refractivity contribution in [3.63, 3.8) is 0 Å². The number of anilines is 2. The molecule has 3 rings (SSSR count). The molecule has 1 heterocycles. The number of sulfonamides is 1. The molecule has 0 amide bonds. The molecule has 7 heteroatoms. The van der Waals surface area contributed by atoms with Crippen molar-refractivity contribution in [2.75, 3.05) is 37.2 Å². The van der Waals surface area contributed by atoms with E-state index in [1.807, 2.05) is 30.3 Å². The first-order chi connectivity index (χ1) is 11.2. The zero-order valence-electron chi connectivity index (χ0n) is 12.6. The van der Waals surface area contributed by atoms with Gasteiger partial charge in [0, 0.05) is 13.1 Å². The molecule has 0 unspecified atom stereocenters. The fraction of sp³-hybridized carbons (Fsp3) is 0.250. The summed E-state index contributed by atoms with van der Waals surface area (Å²) in [6.45, 7) is 1.69. The van der Waals surface area contributed by atoms with Crippen LogP contribution in [-0.4, -0.2) is 39.0 Å². The van der Waals surface area contributed by atoms with Crippen molar-refractivity contribution < 1.29 is 13.2 Å². The molecule has 2 N–H and O–H groups in total. The monoisotopic (exact) mass is 333 g/mol. The molecule has 1 aliphatic heterocycles. The Bertz CT molecular complexity index is 727. The molecule has 0 bridgehead atoms. The second kappa shape index (κ2) is 6.99. The quantitative estimate of drug-likeness (QED) is 0.821. The number of para-hydroxylation sites is 1. The number of nitrogens with one attached hydrogen (secondary N) is 2. The maximum absolute atomic E-state index is 12.5. The lowest BCUT2D eigenvalue weighted by atomic mass is 10.3. The van der Waals surface area contributed by atoms with Gasteiger partial charge in [-0.15, -0.1) is 0 Å². The molecule has 23 heavy (non-hydrogen) atoms. The molecule has 0 radical (unpaired) electrons. The molecule has 0 aliphatic carbocycles. The molecular weight excluding hydrogens is 314 g/mol. The summed E-state index contributed by atoms with van der Waals surface area (Å²) in [4.78, 5) is 0.296. The van der Waals surface area contributed by atoms with Crippen molar-refractivity contribution in [1.82, 2.24) is 4.31 Å². The van der Waals surface area contributed by atoms with Gasteiger partial charge in [0.25, 0.3) is 0 Å². The standard InChI is InChI=1S/C16H19N3O3S/c20-23(21,19-10-12-22-13-11-19)16-8-6-15(7-9-16)18-17-14-4-2-1-3-5-14/h1-9,17-18H,10-13H2. The molecule has 1 fully saturated rings. The van der Waals surface area contributed by atoms with Gasteiger partial charge in [-0.2, -0.15) is 4.31 Å². The van der Waals surface area contributed by atoms with Gasteiger partial charge in [-0.3, -0.25) is 0 Å². The van der Waals surface area contributed by atoms with Crippen LogP contribution >= 0.6 is 0 Å². The summed E-state index contributed by atoms with van der Waals surface area (Å²) in [5, 5.41) is 0.